The van der Waals surface area contributed by atoms with Crippen molar-refractivity contribution in [1.29, 1.82) is 0 Å². The van der Waals surface area contributed by atoms with Gasteiger partial charge in [-0.25, -0.2) is 9.59 Å². The number of hydrogen-bond donors (Lipinski definition) is 0. The molecule has 0 amide bonds. The zero-order chi connectivity index (χ0) is 17.0. The first-order valence-corrected chi connectivity index (χ1v) is 8.46. The first-order chi connectivity index (χ1) is 11.6. The number of hydrogen-bond acceptors (Lipinski definition) is 4. The maximum atomic E-state index is 12.3. The highest BCUT2D eigenvalue weighted by molar-refractivity contribution is 5.94. The molecule has 1 aliphatic carbocycles. The highest BCUT2D eigenvalue weighted by atomic mass is 16.6. The molecule has 0 spiro atoms. The Balaban J connectivity index is 1.97. The van der Waals surface area contributed by atoms with Crippen LogP contribution in [0.25, 0.3) is 0 Å². The number of carbonyl (C=O) groups is 2. The van der Waals surface area contributed by atoms with E-state index in [-0.39, 0.29) is 35.8 Å². The third-order valence-corrected chi connectivity index (χ3v) is 5.64. The van der Waals surface area contributed by atoms with Crippen LogP contribution in [0.2, 0.25) is 0 Å². The maximum absolute atomic E-state index is 12.3. The number of aromatic nitrogens is 1. The van der Waals surface area contributed by atoms with Crippen LogP contribution in [0.15, 0.2) is 30.4 Å². The summed E-state index contributed by atoms with van der Waals surface area (Å²) in [4.78, 5) is 24.4. The predicted octanol–water partition coefficient (Wildman–Crippen LogP) is 2.92. The van der Waals surface area contributed by atoms with Gasteiger partial charge in [-0.05, 0) is 24.5 Å². The molecule has 5 nitrogen and oxygen atoms in total. The van der Waals surface area contributed by atoms with Crippen LogP contribution in [-0.2, 0) is 20.8 Å². The van der Waals surface area contributed by atoms with Crippen LogP contribution >= 0.6 is 0 Å². The second-order valence-electron chi connectivity index (χ2n) is 6.70. The van der Waals surface area contributed by atoms with E-state index < -0.39 is 0 Å². The normalized spacial score (nSPS) is 30.4. The second-order valence-corrected chi connectivity index (χ2v) is 6.70. The van der Waals surface area contributed by atoms with Gasteiger partial charge in [0.25, 0.3) is 0 Å². The molecular formula is C19H21NO4. The molecule has 1 aromatic heterocycles. The number of methoxy groups -OCH3 is 1. The van der Waals surface area contributed by atoms with E-state index in [2.05, 4.69) is 30.2 Å². The molecule has 126 valence electrons. The van der Waals surface area contributed by atoms with Crippen molar-refractivity contribution in [3.8, 4) is 0 Å². The molecule has 5 heteroatoms. The molecular weight excluding hydrogens is 306 g/mol. The third-order valence-electron chi connectivity index (χ3n) is 5.64. The Labute approximate surface area is 140 Å². The lowest BCUT2D eigenvalue weighted by molar-refractivity contribution is -0.141. The molecule has 0 aromatic carbocycles. The molecule has 4 rings (SSSR count). The molecule has 3 heterocycles. The van der Waals surface area contributed by atoms with E-state index in [9.17, 15) is 9.59 Å². The molecule has 3 aliphatic rings. The number of esters is 2. The smallest absolute Gasteiger partial charge is 0.354 e. The average Bonchev–Trinajstić information content (AvgIpc) is 2.99. The lowest BCUT2D eigenvalue weighted by Gasteiger charge is -2.37. The Bertz CT molecular complexity index is 773. The van der Waals surface area contributed by atoms with E-state index in [1.54, 1.807) is 0 Å². The van der Waals surface area contributed by atoms with Crippen molar-refractivity contribution in [2.24, 2.45) is 5.92 Å². The zero-order valence-electron chi connectivity index (χ0n) is 14.0. The fourth-order valence-corrected chi connectivity index (χ4v) is 4.59. The minimum Gasteiger partial charge on any atom is -0.464 e. The van der Waals surface area contributed by atoms with Gasteiger partial charge < -0.3 is 14.0 Å². The fourth-order valence-electron chi connectivity index (χ4n) is 4.59. The van der Waals surface area contributed by atoms with Gasteiger partial charge in [0, 0.05) is 29.6 Å². The van der Waals surface area contributed by atoms with Crippen molar-refractivity contribution in [2.45, 2.75) is 44.2 Å². The number of rotatable bonds is 2. The van der Waals surface area contributed by atoms with E-state index in [0.29, 0.717) is 11.3 Å². The van der Waals surface area contributed by atoms with Gasteiger partial charge in [-0.3, -0.25) is 0 Å². The van der Waals surface area contributed by atoms with Crippen LogP contribution in [0.1, 0.15) is 53.3 Å². The molecule has 0 unspecified atom stereocenters. The van der Waals surface area contributed by atoms with Crippen LogP contribution in [0.3, 0.4) is 0 Å². The van der Waals surface area contributed by atoms with Crippen molar-refractivity contribution in [1.82, 2.24) is 4.57 Å². The van der Waals surface area contributed by atoms with Crippen LogP contribution in [0, 0.1) is 5.92 Å². The first-order valence-electron chi connectivity index (χ1n) is 8.46. The van der Waals surface area contributed by atoms with Crippen molar-refractivity contribution in [3.05, 3.63) is 47.3 Å². The Morgan fingerprint density at radius 3 is 3.00 bits per heavy atom. The lowest BCUT2D eigenvalue weighted by Crippen LogP contribution is -2.35. The standard InChI is InChI=1S/C19H21NO4/c1-4-11-12-7-5-6-8-20-14(19(22)23-3)9-13(16(12)20)15-10(2)18(21)24-17(11)15/h5,7,9,11-12,15,17H,2,4,6,8H2,1,3H3/t11-,12-,15-,17+/m1/s1. The van der Waals surface area contributed by atoms with Crippen LogP contribution < -0.4 is 0 Å². The first kappa shape index (κ1) is 15.2. The minimum atomic E-state index is -0.342. The fraction of sp³-hybridized carbons (Fsp3) is 0.474. The van der Waals surface area contributed by atoms with Gasteiger partial charge in [-0.1, -0.05) is 25.7 Å². The minimum absolute atomic E-state index is 0.144. The maximum Gasteiger partial charge on any atom is 0.354 e. The van der Waals surface area contributed by atoms with Gasteiger partial charge in [-0.15, -0.1) is 0 Å². The molecule has 4 atom stereocenters. The predicted molar refractivity (Wildman–Crippen MR) is 87.8 cm³/mol. The summed E-state index contributed by atoms with van der Waals surface area (Å²) >= 11 is 0. The molecule has 0 saturated carbocycles. The molecule has 0 N–H and O–H groups in total. The van der Waals surface area contributed by atoms with E-state index in [0.717, 1.165) is 30.6 Å². The van der Waals surface area contributed by atoms with Crippen molar-refractivity contribution in [3.63, 3.8) is 0 Å². The largest absolute Gasteiger partial charge is 0.464 e. The number of allylic oxidation sites excluding steroid dienone is 2. The molecule has 0 radical (unpaired) electrons. The summed E-state index contributed by atoms with van der Waals surface area (Å²) in [6.45, 7) is 6.82. The summed E-state index contributed by atoms with van der Waals surface area (Å²) in [5.41, 5.74) is 3.17. The van der Waals surface area contributed by atoms with Crippen molar-refractivity contribution < 1.29 is 19.1 Å². The second kappa shape index (κ2) is 5.36. The Morgan fingerprint density at radius 2 is 2.29 bits per heavy atom. The summed E-state index contributed by atoms with van der Waals surface area (Å²) in [5, 5.41) is 0. The Hall–Kier alpha value is -2.30. The van der Waals surface area contributed by atoms with Crippen molar-refractivity contribution in [2.75, 3.05) is 7.11 Å². The zero-order valence-corrected chi connectivity index (χ0v) is 14.0. The summed E-state index contributed by atoms with van der Waals surface area (Å²) in [6, 6.07) is 1.88. The van der Waals surface area contributed by atoms with Gasteiger partial charge in [0.1, 0.15) is 11.8 Å². The van der Waals surface area contributed by atoms with Gasteiger partial charge >= 0.3 is 11.9 Å². The molecule has 2 aliphatic heterocycles. The monoisotopic (exact) mass is 327 g/mol. The SMILES string of the molecule is C=C1C(=O)O[C@H]2[C@H](CC)[C@H]3C=CCCn4c(C(=O)OC)cc(c43)[C@@H]12. The average molecular weight is 327 g/mol. The summed E-state index contributed by atoms with van der Waals surface area (Å²) in [6.07, 6.45) is 5.94. The molecule has 1 saturated heterocycles. The summed E-state index contributed by atoms with van der Waals surface area (Å²) in [5.74, 6) is -0.483. The lowest BCUT2D eigenvalue weighted by atomic mass is 9.69. The van der Waals surface area contributed by atoms with E-state index in [1.165, 1.54) is 7.11 Å². The highest BCUT2D eigenvalue weighted by Crippen LogP contribution is 2.53. The van der Waals surface area contributed by atoms with Gasteiger partial charge in [0.15, 0.2) is 0 Å². The quantitative estimate of drug-likeness (QED) is 0.476. The number of fused-ring (bicyclic) bond motifs is 2. The summed E-state index contributed by atoms with van der Waals surface area (Å²) < 4.78 is 12.7. The molecule has 1 fully saturated rings. The molecule has 0 bridgehead atoms. The van der Waals surface area contributed by atoms with E-state index in [4.69, 9.17) is 9.47 Å². The molecule has 1 aromatic rings. The van der Waals surface area contributed by atoms with Crippen molar-refractivity contribution >= 4 is 11.9 Å². The Morgan fingerprint density at radius 1 is 1.50 bits per heavy atom. The van der Waals surface area contributed by atoms with Crippen LogP contribution in [0.4, 0.5) is 0 Å². The number of carbonyl (C=O) groups excluding carboxylic acids is 2. The number of nitrogens with zero attached hydrogens (tertiary/aromatic N) is 1. The van der Waals surface area contributed by atoms with Gasteiger partial charge in [-0.2, -0.15) is 0 Å². The molecule has 24 heavy (non-hydrogen) atoms. The number of ether oxygens (including phenoxy) is 2. The summed E-state index contributed by atoms with van der Waals surface area (Å²) in [7, 11) is 1.40. The van der Waals surface area contributed by atoms with E-state index in [1.807, 2.05) is 6.07 Å². The van der Waals surface area contributed by atoms with E-state index >= 15 is 0 Å². The topological polar surface area (TPSA) is 57.5 Å². The van der Waals surface area contributed by atoms with Gasteiger partial charge in [0.05, 0.1) is 13.0 Å². The Kier molecular flexibility index (Phi) is 3.41. The van der Waals surface area contributed by atoms with Crippen LogP contribution in [-0.4, -0.2) is 29.7 Å². The van der Waals surface area contributed by atoms with Gasteiger partial charge in [0.2, 0.25) is 0 Å². The third kappa shape index (κ3) is 1.87. The highest BCUT2D eigenvalue weighted by Gasteiger charge is 2.52. The van der Waals surface area contributed by atoms with Crippen LogP contribution in [0.5, 0.6) is 0 Å².